The monoisotopic (exact) mass is 427 g/mol. The molecule has 1 aliphatic heterocycles. The average Bonchev–Trinajstić information content (AvgIpc) is 2.53. The van der Waals surface area contributed by atoms with Crippen molar-refractivity contribution in [3.05, 3.63) is 28.2 Å². The molecule has 0 spiro atoms. The van der Waals surface area contributed by atoms with Gasteiger partial charge in [0.1, 0.15) is 11.4 Å². The summed E-state index contributed by atoms with van der Waals surface area (Å²) < 4.78 is 6.10. The second-order valence-corrected chi connectivity index (χ2v) is 8.14. The van der Waals surface area contributed by atoms with E-state index in [1.807, 2.05) is 20.8 Å². The smallest absolute Gasteiger partial charge is 0.410 e. The van der Waals surface area contributed by atoms with Crippen molar-refractivity contribution in [1.82, 2.24) is 15.1 Å². The van der Waals surface area contributed by atoms with Crippen molar-refractivity contribution in [2.45, 2.75) is 26.4 Å². The molecule has 1 heterocycles. The highest BCUT2D eigenvalue weighted by Crippen LogP contribution is 2.22. The molecule has 8 heteroatoms. The van der Waals surface area contributed by atoms with E-state index in [4.69, 9.17) is 4.74 Å². The van der Waals surface area contributed by atoms with Gasteiger partial charge in [-0.05, 0) is 39.0 Å². The number of benzene rings is 1. The van der Waals surface area contributed by atoms with Crippen LogP contribution in [0.15, 0.2) is 22.7 Å². The van der Waals surface area contributed by atoms with Gasteiger partial charge in [-0.3, -0.25) is 9.69 Å². The molecule has 144 valence electrons. The number of hydrogen-bond donors (Lipinski definition) is 2. The minimum Gasteiger partial charge on any atom is -0.507 e. The molecule has 26 heavy (non-hydrogen) atoms. The minimum absolute atomic E-state index is 0.0529. The van der Waals surface area contributed by atoms with Crippen molar-refractivity contribution < 1.29 is 19.4 Å². The van der Waals surface area contributed by atoms with Crippen LogP contribution >= 0.6 is 15.9 Å². The van der Waals surface area contributed by atoms with Gasteiger partial charge in [-0.2, -0.15) is 0 Å². The fourth-order valence-electron chi connectivity index (χ4n) is 2.60. The van der Waals surface area contributed by atoms with Crippen LogP contribution in [0.3, 0.4) is 0 Å². The van der Waals surface area contributed by atoms with Crippen LogP contribution in [-0.4, -0.2) is 71.8 Å². The molecule has 0 aromatic heterocycles. The predicted molar refractivity (Wildman–Crippen MR) is 102 cm³/mol. The molecule has 0 bridgehead atoms. The second kappa shape index (κ2) is 8.73. The van der Waals surface area contributed by atoms with E-state index in [0.717, 1.165) is 17.6 Å². The first kappa shape index (κ1) is 20.5. The molecule has 0 aliphatic carbocycles. The number of rotatable bonds is 4. The van der Waals surface area contributed by atoms with Gasteiger partial charge < -0.3 is 20.1 Å². The van der Waals surface area contributed by atoms with Gasteiger partial charge in [0.2, 0.25) is 0 Å². The van der Waals surface area contributed by atoms with Gasteiger partial charge in [-0.1, -0.05) is 15.9 Å². The number of ether oxygens (including phenoxy) is 1. The summed E-state index contributed by atoms with van der Waals surface area (Å²) in [6.07, 6.45) is -0.281. The molecule has 0 unspecified atom stereocenters. The van der Waals surface area contributed by atoms with Crippen LogP contribution < -0.4 is 5.32 Å². The SMILES string of the molecule is CC(C)(C)OC(=O)N1CCN(CCNC(=O)c2ccc(Br)cc2O)CC1. The third-order valence-electron chi connectivity index (χ3n) is 3.94. The number of piperazine rings is 1. The normalized spacial score (nSPS) is 15.6. The molecule has 2 rings (SSSR count). The summed E-state index contributed by atoms with van der Waals surface area (Å²) in [5, 5.41) is 12.6. The number of carbonyl (C=O) groups excluding carboxylic acids is 2. The Labute approximate surface area is 162 Å². The number of nitrogens with one attached hydrogen (secondary N) is 1. The zero-order valence-corrected chi connectivity index (χ0v) is 17.0. The average molecular weight is 428 g/mol. The first-order valence-corrected chi connectivity index (χ1v) is 9.42. The Kier molecular flexibility index (Phi) is 6.88. The molecule has 0 saturated carbocycles. The van der Waals surface area contributed by atoms with E-state index >= 15 is 0 Å². The lowest BCUT2D eigenvalue weighted by atomic mass is 10.2. The maximum atomic E-state index is 12.1. The van der Waals surface area contributed by atoms with Crippen molar-refractivity contribution >= 4 is 27.9 Å². The number of hydrogen-bond acceptors (Lipinski definition) is 5. The summed E-state index contributed by atoms with van der Waals surface area (Å²) in [7, 11) is 0. The zero-order valence-electron chi connectivity index (χ0n) is 15.4. The van der Waals surface area contributed by atoms with E-state index in [9.17, 15) is 14.7 Å². The van der Waals surface area contributed by atoms with Crippen molar-refractivity contribution in [2.75, 3.05) is 39.3 Å². The summed E-state index contributed by atoms with van der Waals surface area (Å²) in [5.74, 6) is -0.356. The summed E-state index contributed by atoms with van der Waals surface area (Å²) >= 11 is 3.25. The van der Waals surface area contributed by atoms with Gasteiger partial charge in [0.15, 0.2) is 0 Å². The lowest BCUT2D eigenvalue weighted by Gasteiger charge is -2.35. The van der Waals surface area contributed by atoms with Crippen LogP contribution in [0, 0.1) is 0 Å². The van der Waals surface area contributed by atoms with E-state index < -0.39 is 5.60 Å². The number of nitrogens with zero attached hydrogens (tertiary/aromatic N) is 2. The van der Waals surface area contributed by atoms with Crippen molar-refractivity contribution in [3.63, 3.8) is 0 Å². The molecule has 0 atom stereocenters. The number of phenols is 1. The van der Waals surface area contributed by atoms with Gasteiger partial charge in [-0.25, -0.2) is 4.79 Å². The summed E-state index contributed by atoms with van der Waals surface area (Å²) in [5.41, 5.74) is -0.236. The van der Waals surface area contributed by atoms with Crippen LogP contribution in [0.2, 0.25) is 0 Å². The highest BCUT2D eigenvalue weighted by atomic mass is 79.9. The van der Waals surface area contributed by atoms with Gasteiger partial charge in [-0.15, -0.1) is 0 Å². The highest BCUT2D eigenvalue weighted by molar-refractivity contribution is 9.10. The molecule has 2 N–H and O–H groups in total. The number of aromatic hydroxyl groups is 1. The second-order valence-electron chi connectivity index (χ2n) is 7.23. The Morgan fingerprint density at radius 1 is 1.23 bits per heavy atom. The van der Waals surface area contributed by atoms with Gasteiger partial charge in [0.05, 0.1) is 5.56 Å². The Balaban J connectivity index is 1.72. The molecular weight excluding hydrogens is 402 g/mol. The largest absolute Gasteiger partial charge is 0.507 e. The first-order valence-electron chi connectivity index (χ1n) is 8.63. The number of phenolic OH excluding ortho intramolecular Hbond substituents is 1. The molecule has 1 aromatic carbocycles. The van der Waals surface area contributed by atoms with Crippen molar-refractivity contribution in [3.8, 4) is 5.75 Å². The quantitative estimate of drug-likeness (QED) is 0.770. The van der Waals surface area contributed by atoms with Crippen LogP contribution in [0.25, 0.3) is 0 Å². The van der Waals surface area contributed by atoms with Crippen LogP contribution in [0.1, 0.15) is 31.1 Å². The summed E-state index contributed by atoms with van der Waals surface area (Å²) in [4.78, 5) is 28.0. The number of amides is 2. The Morgan fingerprint density at radius 2 is 1.88 bits per heavy atom. The van der Waals surface area contributed by atoms with E-state index in [0.29, 0.717) is 26.2 Å². The fraction of sp³-hybridized carbons (Fsp3) is 0.556. The van der Waals surface area contributed by atoms with Crippen LogP contribution in [-0.2, 0) is 4.74 Å². The van der Waals surface area contributed by atoms with E-state index in [2.05, 4.69) is 26.1 Å². The highest BCUT2D eigenvalue weighted by Gasteiger charge is 2.25. The molecule has 1 fully saturated rings. The maximum Gasteiger partial charge on any atom is 0.410 e. The van der Waals surface area contributed by atoms with E-state index in [1.165, 1.54) is 6.07 Å². The minimum atomic E-state index is -0.489. The zero-order chi connectivity index (χ0) is 19.3. The molecule has 2 amide bonds. The standard InChI is InChI=1S/C18H26BrN3O4/c1-18(2,3)26-17(25)22-10-8-21(9-11-22)7-6-20-16(24)14-5-4-13(19)12-15(14)23/h4-5,12,23H,6-11H2,1-3H3,(H,20,24). The first-order chi connectivity index (χ1) is 12.2. The molecule has 7 nitrogen and oxygen atoms in total. The summed E-state index contributed by atoms with van der Waals surface area (Å²) in [6.45, 7) is 9.41. The van der Waals surface area contributed by atoms with E-state index in [1.54, 1.807) is 17.0 Å². The molecule has 0 radical (unpaired) electrons. The number of carbonyl (C=O) groups is 2. The Bertz CT molecular complexity index is 652. The lowest BCUT2D eigenvalue weighted by Crippen LogP contribution is -2.51. The molecule has 1 saturated heterocycles. The fourth-order valence-corrected chi connectivity index (χ4v) is 2.95. The third-order valence-corrected chi connectivity index (χ3v) is 4.44. The van der Waals surface area contributed by atoms with Crippen molar-refractivity contribution in [2.24, 2.45) is 0 Å². The third kappa shape index (κ3) is 6.17. The van der Waals surface area contributed by atoms with Gasteiger partial charge >= 0.3 is 6.09 Å². The predicted octanol–water partition coefficient (Wildman–Crippen LogP) is 2.44. The van der Waals surface area contributed by atoms with Crippen LogP contribution in [0.4, 0.5) is 4.79 Å². The lowest BCUT2D eigenvalue weighted by molar-refractivity contribution is 0.0147. The van der Waals surface area contributed by atoms with Gasteiger partial charge in [0, 0.05) is 43.7 Å². The number of halogens is 1. The Hall–Kier alpha value is -1.80. The summed E-state index contributed by atoms with van der Waals surface area (Å²) in [6, 6.07) is 4.78. The molecule has 1 aliphatic rings. The molecule has 1 aromatic rings. The maximum absolute atomic E-state index is 12.1. The van der Waals surface area contributed by atoms with E-state index in [-0.39, 0.29) is 23.3 Å². The molecular formula is C18H26BrN3O4. The van der Waals surface area contributed by atoms with Crippen LogP contribution in [0.5, 0.6) is 5.75 Å². The van der Waals surface area contributed by atoms with Crippen molar-refractivity contribution in [1.29, 1.82) is 0 Å². The van der Waals surface area contributed by atoms with Gasteiger partial charge in [0.25, 0.3) is 5.91 Å². The Morgan fingerprint density at radius 3 is 2.46 bits per heavy atom. The topological polar surface area (TPSA) is 82.1 Å².